The van der Waals surface area contributed by atoms with Crippen LogP contribution in [0.3, 0.4) is 0 Å². The Kier molecular flexibility index (Phi) is 6.50. The molecule has 0 aliphatic carbocycles. The van der Waals surface area contributed by atoms with Crippen LogP contribution in [-0.4, -0.2) is 29.6 Å². The van der Waals surface area contributed by atoms with Crippen molar-refractivity contribution in [2.24, 2.45) is 0 Å². The molecule has 2 N–H and O–H groups in total. The molecule has 0 atom stereocenters. The Bertz CT molecular complexity index is 1440. The van der Waals surface area contributed by atoms with Gasteiger partial charge in [-0.15, -0.1) is 0 Å². The number of hydrogen-bond donors (Lipinski definition) is 2. The first-order valence-corrected chi connectivity index (χ1v) is 12.4. The Morgan fingerprint density at radius 1 is 0.895 bits per heavy atom. The van der Waals surface area contributed by atoms with Crippen molar-refractivity contribution in [1.82, 2.24) is 5.32 Å². The molecule has 2 aliphatic heterocycles. The van der Waals surface area contributed by atoms with Gasteiger partial charge in [0.05, 0.1) is 5.56 Å². The molecule has 10 heteroatoms. The molecule has 3 aromatic rings. The predicted molar refractivity (Wildman–Crippen MR) is 142 cm³/mol. The van der Waals surface area contributed by atoms with Crippen LogP contribution in [0.2, 0.25) is 0 Å². The highest BCUT2D eigenvalue weighted by Crippen LogP contribution is 2.57. The molecule has 9 nitrogen and oxygen atoms in total. The van der Waals surface area contributed by atoms with E-state index in [9.17, 15) is 14.4 Å². The lowest BCUT2D eigenvalue weighted by molar-refractivity contribution is -0.132. The number of nitrogens with one attached hydrogen (secondary N) is 2. The SMILES string of the molecule is CCCNC(=S)Nc1ccc2c(c1)C(=O)OC21c2ccc(OC(C)=O)cc2Oc2cc(OC(C)=O)ccc21. The van der Waals surface area contributed by atoms with Crippen LogP contribution < -0.4 is 24.8 Å². The number of fused-ring (bicyclic) bond motifs is 6. The summed E-state index contributed by atoms with van der Waals surface area (Å²) in [6.45, 7) is 5.35. The zero-order chi connectivity index (χ0) is 27.0. The summed E-state index contributed by atoms with van der Waals surface area (Å²) in [6.07, 6.45) is 0.917. The first-order valence-electron chi connectivity index (χ1n) is 12.0. The molecule has 3 aromatic carbocycles. The molecular formula is C28H24N2O7S. The number of esters is 3. The maximum absolute atomic E-state index is 13.3. The summed E-state index contributed by atoms with van der Waals surface area (Å²) >= 11 is 5.34. The largest absolute Gasteiger partial charge is 0.456 e. The number of carbonyl (C=O) groups excluding carboxylic acids is 3. The van der Waals surface area contributed by atoms with Crippen molar-refractivity contribution in [3.63, 3.8) is 0 Å². The summed E-state index contributed by atoms with van der Waals surface area (Å²) in [4.78, 5) is 36.4. The summed E-state index contributed by atoms with van der Waals surface area (Å²) in [5.74, 6) is -0.323. The third-order valence-electron chi connectivity index (χ3n) is 6.07. The topological polar surface area (TPSA) is 112 Å². The minimum Gasteiger partial charge on any atom is -0.456 e. The maximum Gasteiger partial charge on any atom is 0.340 e. The van der Waals surface area contributed by atoms with Crippen molar-refractivity contribution < 1.29 is 33.3 Å². The number of carbonyl (C=O) groups is 3. The molecule has 1 spiro atoms. The van der Waals surface area contributed by atoms with Gasteiger partial charge in [-0.05, 0) is 55.0 Å². The van der Waals surface area contributed by atoms with Crippen LogP contribution in [0.5, 0.6) is 23.0 Å². The van der Waals surface area contributed by atoms with Crippen molar-refractivity contribution in [2.75, 3.05) is 11.9 Å². The smallest absolute Gasteiger partial charge is 0.340 e. The summed E-state index contributed by atoms with van der Waals surface area (Å²) in [7, 11) is 0. The molecule has 2 heterocycles. The van der Waals surface area contributed by atoms with E-state index in [1.165, 1.54) is 13.8 Å². The number of ether oxygens (including phenoxy) is 4. The van der Waals surface area contributed by atoms with E-state index in [0.717, 1.165) is 13.0 Å². The molecule has 0 fully saturated rings. The number of rotatable bonds is 5. The molecule has 38 heavy (non-hydrogen) atoms. The molecule has 0 unspecified atom stereocenters. The maximum atomic E-state index is 13.3. The van der Waals surface area contributed by atoms with Gasteiger partial charge < -0.3 is 29.6 Å². The van der Waals surface area contributed by atoms with E-state index >= 15 is 0 Å². The van der Waals surface area contributed by atoms with Crippen LogP contribution in [0, 0.1) is 0 Å². The van der Waals surface area contributed by atoms with Crippen LogP contribution >= 0.6 is 12.2 Å². The van der Waals surface area contributed by atoms with Crippen LogP contribution in [0.25, 0.3) is 0 Å². The molecule has 0 aromatic heterocycles. The number of thiocarbonyl (C=S) groups is 1. The number of hydrogen-bond acceptors (Lipinski definition) is 8. The van der Waals surface area contributed by atoms with Gasteiger partial charge in [0.25, 0.3) is 0 Å². The second-order valence-electron chi connectivity index (χ2n) is 8.82. The zero-order valence-corrected chi connectivity index (χ0v) is 21.7. The van der Waals surface area contributed by atoms with Gasteiger partial charge in [0.15, 0.2) is 10.7 Å². The van der Waals surface area contributed by atoms with Crippen LogP contribution in [0.4, 0.5) is 5.69 Å². The van der Waals surface area contributed by atoms with E-state index in [4.69, 9.17) is 31.2 Å². The minimum atomic E-state index is -1.35. The normalized spacial score (nSPS) is 13.8. The first kappa shape index (κ1) is 25.2. The molecule has 0 saturated heterocycles. The lowest BCUT2D eigenvalue weighted by atomic mass is 9.77. The van der Waals surface area contributed by atoms with Crippen molar-refractivity contribution in [3.8, 4) is 23.0 Å². The fraction of sp³-hybridized carbons (Fsp3) is 0.214. The van der Waals surface area contributed by atoms with Crippen molar-refractivity contribution >= 4 is 40.9 Å². The monoisotopic (exact) mass is 532 g/mol. The van der Waals surface area contributed by atoms with Gasteiger partial charge in [-0.25, -0.2) is 4.79 Å². The zero-order valence-electron chi connectivity index (χ0n) is 20.9. The van der Waals surface area contributed by atoms with Gasteiger partial charge in [0, 0.05) is 54.9 Å². The Morgan fingerprint density at radius 2 is 1.47 bits per heavy atom. The second kappa shape index (κ2) is 9.79. The third-order valence-corrected chi connectivity index (χ3v) is 6.31. The molecule has 0 saturated carbocycles. The van der Waals surface area contributed by atoms with Gasteiger partial charge in [0.2, 0.25) is 0 Å². The first-order chi connectivity index (χ1) is 18.2. The van der Waals surface area contributed by atoms with E-state index in [2.05, 4.69) is 10.6 Å². The summed E-state index contributed by atoms with van der Waals surface area (Å²) in [6, 6.07) is 15.1. The van der Waals surface area contributed by atoms with Crippen molar-refractivity contribution in [1.29, 1.82) is 0 Å². The Balaban J connectivity index is 1.65. The Morgan fingerprint density at radius 3 is 2.03 bits per heavy atom. The van der Waals surface area contributed by atoms with Crippen LogP contribution in [-0.2, 0) is 19.9 Å². The van der Waals surface area contributed by atoms with E-state index in [-0.39, 0.29) is 11.5 Å². The number of benzene rings is 3. The van der Waals surface area contributed by atoms with Crippen molar-refractivity contribution in [2.45, 2.75) is 32.8 Å². The van der Waals surface area contributed by atoms with Crippen LogP contribution in [0.15, 0.2) is 54.6 Å². The molecule has 0 bridgehead atoms. The third kappa shape index (κ3) is 4.43. The summed E-state index contributed by atoms with van der Waals surface area (Å²) < 4.78 is 22.8. The van der Waals surface area contributed by atoms with E-state index < -0.39 is 23.5 Å². The average Bonchev–Trinajstić information content (AvgIpc) is 3.14. The fourth-order valence-electron chi connectivity index (χ4n) is 4.64. The highest BCUT2D eigenvalue weighted by molar-refractivity contribution is 7.80. The molecule has 2 aliphatic rings. The molecular weight excluding hydrogens is 508 g/mol. The Hall–Kier alpha value is -4.44. The molecule has 5 rings (SSSR count). The quantitative estimate of drug-likeness (QED) is 0.270. The highest BCUT2D eigenvalue weighted by atomic mass is 32.1. The summed E-state index contributed by atoms with van der Waals surface area (Å²) in [5, 5.41) is 6.64. The van der Waals surface area contributed by atoms with Gasteiger partial charge >= 0.3 is 17.9 Å². The van der Waals surface area contributed by atoms with E-state index in [0.29, 0.717) is 44.6 Å². The lowest BCUT2D eigenvalue weighted by Crippen LogP contribution is -2.33. The average molecular weight is 533 g/mol. The highest BCUT2D eigenvalue weighted by Gasteiger charge is 2.53. The fourth-order valence-corrected chi connectivity index (χ4v) is 4.86. The van der Waals surface area contributed by atoms with Crippen LogP contribution in [0.1, 0.15) is 54.2 Å². The van der Waals surface area contributed by atoms with Crippen molar-refractivity contribution in [3.05, 3.63) is 76.9 Å². The predicted octanol–water partition coefficient (Wildman–Crippen LogP) is 4.80. The van der Waals surface area contributed by atoms with Gasteiger partial charge in [-0.1, -0.05) is 13.0 Å². The summed E-state index contributed by atoms with van der Waals surface area (Å²) in [5.41, 5.74) is 1.35. The molecule has 0 amide bonds. The number of anilines is 1. The Labute approximate surface area is 224 Å². The molecule has 0 radical (unpaired) electrons. The van der Waals surface area contributed by atoms with Gasteiger partial charge in [0.1, 0.15) is 23.0 Å². The minimum absolute atomic E-state index is 0.267. The molecule has 194 valence electrons. The standard InChI is InChI=1S/C28H24N2O7S/c1-4-11-29-27(38)30-17-5-8-21-20(12-17)26(33)37-28(21)22-9-6-18(34-15(2)31)13-24(22)36-25-14-19(35-16(3)32)7-10-23(25)28/h5-10,12-14H,4,11H2,1-3H3,(H2,29,30,38). The van der Waals surface area contributed by atoms with E-state index in [1.807, 2.05) is 19.1 Å². The van der Waals surface area contributed by atoms with Gasteiger partial charge in [-0.2, -0.15) is 0 Å². The lowest BCUT2D eigenvalue weighted by Gasteiger charge is -2.36. The van der Waals surface area contributed by atoms with Gasteiger partial charge in [-0.3, -0.25) is 9.59 Å². The van der Waals surface area contributed by atoms with E-state index in [1.54, 1.807) is 42.5 Å². The second-order valence-corrected chi connectivity index (χ2v) is 9.23.